The largest absolute Gasteiger partial charge is 0.481 e. The summed E-state index contributed by atoms with van der Waals surface area (Å²) < 4.78 is 5.58. The minimum atomic E-state index is -0.687. The van der Waals surface area contributed by atoms with Crippen molar-refractivity contribution in [3.8, 4) is 0 Å². The molecule has 0 aromatic carbocycles. The molecule has 0 aromatic heterocycles. The fourth-order valence-electron chi connectivity index (χ4n) is 5.14. The molecule has 0 bridgehead atoms. The van der Waals surface area contributed by atoms with E-state index in [1.54, 1.807) is 0 Å². The molecule has 0 unspecified atom stereocenters. The molecule has 0 heterocycles. The van der Waals surface area contributed by atoms with E-state index in [4.69, 9.17) is 15.6 Å². The van der Waals surface area contributed by atoms with Gasteiger partial charge in [-0.3, -0.25) is 9.59 Å². The molecule has 0 aromatic rings. The fraction of sp³-hybridized carbons (Fsp3) is 0.938. The lowest BCUT2D eigenvalue weighted by molar-refractivity contribution is -0.144. The van der Waals surface area contributed by atoms with Crippen molar-refractivity contribution >= 4 is 11.9 Å². The molecule has 0 saturated carbocycles. The van der Waals surface area contributed by atoms with Crippen LogP contribution in [0.15, 0.2) is 0 Å². The van der Waals surface area contributed by atoms with Gasteiger partial charge in [-0.15, -0.1) is 0 Å². The Morgan fingerprint density at radius 1 is 0.658 bits per heavy atom. The first-order valence-electron chi connectivity index (χ1n) is 16.3. The van der Waals surface area contributed by atoms with E-state index in [0.717, 1.165) is 71.1 Å². The van der Waals surface area contributed by atoms with Crippen LogP contribution in [0.3, 0.4) is 0 Å². The molecule has 0 amide bonds. The number of aliphatic carboxylic acids is 1. The van der Waals surface area contributed by atoms with Gasteiger partial charge in [0, 0.05) is 12.8 Å². The van der Waals surface area contributed by atoms with Crippen LogP contribution in [-0.4, -0.2) is 54.7 Å². The van der Waals surface area contributed by atoms with Gasteiger partial charge in [0.05, 0.1) is 6.61 Å². The van der Waals surface area contributed by atoms with Gasteiger partial charge in [-0.2, -0.15) is 0 Å². The number of nitrogens with two attached hydrogens (primary N) is 1. The molecule has 6 nitrogen and oxygen atoms in total. The van der Waals surface area contributed by atoms with Crippen LogP contribution in [0.25, 0.3) is 0 Å². The number of ether oxygens (including phenoxy) is 1. The van der Waals surface area contributed by atoms with Crippen molar-refractivity contribution in [2.24, 2.45) is 11.7 Å². The average molecular weight is 541 g/mol. The Morgan fingerprint density at radius 3 is 1.68 bits per heavy atom. The van der Waals surface area contributed by atoms with Crippen LogP contribution in [0.2, 0.25) is 0 Å². The van der Waals surface area contributed by atoms with Gasteiger partial charge in [0.15, 0.2) is 0 Å². The molecule has 0 aliphatic carbocycles. The lowest BCUT2D eigenvalue weighted by atomic mass is 9.92. The van der Waals surface area contributed by atoms with Crippen LogP contribution in [0, 0.1) is 5.92 Å². The SMILES string of the molecule is CCCCCC(CCCCC)CCOC(=O)CCCCCCCN(CCCN)CCCCCCCC(=O)O. The number of carboxylic acids is 1. The Bertz CT molecular complexity index is 520. The summed E-state index contributed by atoms with van der Waals surface area (Å²) in [7, 11) is 0. The number of esters is 1. The quantitative estimate of drug-likeness (QED) is 0.0706. The summed E-state index contributed by atoms with van der Waals surface area (Å²) >= 11 is 0. The van der Waals surface area contributed by atoms with Crippen LogP contribution in [0.5, 0.6) is 0 Å². The third-order valence-electron chi connectivity index (χ3n) is 7.62. The Labute approximate surface area is 235 Å². The predicted molar refractivity (Wildman–Crippen MR) is 161 cm³/mol. The van der Waals surface area contributed by atoms with Gasteiger partial charge >= 0.3 is 11.9 Å². The molecule has 0 atom stereocenters. The highest BCUT2D eigenvalue weighted by Gasteiger charge is 2.11. The predicted octanol–water partition coefficient (Wildman–Crippen LogP) is 8.11. The van der Waals surface area contributed by atoms with Crippen molar-refractivity contribution in [3.63, 3.8) is 0 Å². The minimum absolute atomic E-state index is 0.0122. The lowest BCUT2D eigenvalue weighted by Gasteiger charge is -2.22. The highest BCUT2D eigenvalue weighted by Crippen LogP contribution is 2.21. The number of rotatable bonds is 30. The Balaban J connectivity index is 3.86. The van der Waals surface area contributed by atoms with Crippen LogP contribution in [-0.2, 0) is 14.3 Å². The summed E-state index contributed by atoms with van der Waals surface area (Å²) in [4.78, 5) is 25.3. The zero-order valence-corrected chi connectivity index (χ0v) is 25.4. The van der Waals surface area contributed by atoms with Crippen LogP contribution >= 0.6 is 0 Å². The second kappa shape index (κ2) is 28.9. The number of hydrogen-bond acceptors (Lipinski definition) is 5. The number of unbranched alkanes of at least 4 members (excludes halogenated alkanes) is 12. The van der Waals surface area contributed by atoms with Crippen molar-refractivity contribution in [2.45, 2.75) is 155 Å². The third-order valence-corrected chi connectivity index (χ3v) is 7.62. The monoisotopic (exact) mass is 540 g/mol. The summed E-state index contributed by atoms with van der Waals surface area (Å²) in [6, 6.07) is 0. The molecule has 0 rings (SSSR count). The van der Waals surface area contributed by atoms with Gasteiger partial charge in [-0.1, -0.05) is 104 Å². The van der Waals surface area contributed by atoms with Crippen LogP contribution in [0.4, 0.5) is 0 Å². The van der Waals surface area contributed by atoms with E-state index in [1.165, 1.54) is 83.5 Å². The second-order valence-corrected chi connectivity index (χ2v) is 11.3. The maximum atomic E-state index is 12.2. The second-order valence-electron chi connectivity index (χ2n) is 11.3. The topological polar surface area (TPSA) is 92.9 Å². The number of carbonyl (C=O) groups is 2. The van der Waals surface area contributed by atoms with E-state index in [-0.39, 0.29) is 5.97 Å². The summed E-state index contributed by atoms with van der Waals surface area (Å²) in [6.07, 6.45) is 24.2. The van der Waals surface area contributed by atoms with Crippen LogP contribution < -0.4 is 5.73 Å². The maximum absolute atomic E-state index is 12.2. The zero-order chi connectivity index (χ0) is 28.1. The van der Waals surface area contributed by atoms with Gasteiger partial charge in [0.2, 0.25) is 0 Å². The van der Waals surface area contributed by atoms with E-state index in [9.17, 15) is 9.59 Å². The molecule has 0 saturated heterocycles. The number of hydrogen-bond donors (Lipinski definition) is 2. The Kier molecular flexibility index (Phi) is 28.0. The first-order valence-corrected chi connectivity index (χ1v) is 16.3. The molecule has 0 aliphatic rings. The van der Waals surface area contributed by atoms with Gasteiger partial charge in [0.1, 0.15) is 0 Å². The van der Waals surface area contributed by atoms with Gasteiger partial charge in [0.25, 0.3) is 0 Å². The summed E-state index contributed by atoms with van der Waals surface area (Å²) in [5, 5.41) is 8.71. The molecule has 3 N–H and O–H groups in total. The van der Waals surface area contributed by atoms with Gasteiger partial charge in [-0.25, -0.2) is 0 Å². The average Bonchev–Trinajstić information content (AvgIpc) is 2.89. The van der Waals surface area contributed by atoms with Crippen LogP contribution in [0.1, 0.15) is 155 Å². The Hall–Kier alpha value is -1.14. The molecule has 0 radical (unpaired) electrons. The highest BCUT2D eigenvalue weighted by atomic mass is 16.5. The van der Waals surface area contributed by atoms with Gasteiger partial charge in [-0.05, 0) is 70.6 Å². The zero-order valence-electron chi connectivity index (χ0n) is 25.4. The third kappa shape index (κ3) is 26.5. The number of carboxylic acid groups (broad SMARTS) is 1. The molecule has 0 fully saturated rings. The lowest BCUT2D eigenvalue weighted by Crippen LogP contribution is -2.28. The van der Waals surface area contributed by atoms with E-state index in [1.807, 2.05) is 0 Å². The van der Waals surface area contributed by atoms with Crippen molar-refractivity contribution in [3.05, 3.63) is 0 Å². The van der Waals surface area contributed by atoms with E-state index in [2.05, 4.69) is 18.7 Å². The molecular weight excluding hydrogens is 476 g/mol. The summed E-state index contributed by atoms with van der Waals surface area (Å²) in [5.41, 5.74) is 5.73. The summed E-state index contributed by atoms with van der Waals surface area (Å²) in [6.45, 7) is 9.15. The normalized spacial score (nSPS) is 11.5. The highest BCUT2D eigenvalue weighted by molar-refractivity contribution is 5.69. The van der Waals surface area contributed by atoms with Crippen molar-refractivity contribution in [2.75, 3.05) is 32.8 Å². The standard InChI is InChI=1S/C32H64N2O4/c1-3-5-13-20-30(21-14-6-4-2)24-29-38-32(37)23-16-10-8-12-18-27-34(28-19-25-33)26-17-11-7-9-15-22-31(35)36/h30H,3-29,33H2,1-2H3,(H,35,36). The molecule has 0 aliphatic heterocycles. The Morgan fingerprint density at radius 2 is 1.16 bits per heavy atom. The molecule has 6 heteroatoms. The van der Waals surface area contributed by atoms with E-state index in [0.29, 0.717) is 25.4 Å². The summed E-state index contributed by atoms with van der Waals surface area (Å²) in [5.74, 6) is 0.0171. The molecular formula is C32H64N2O4. The molecule has 38 heavy (non-hydrogen) atoms. The van der Waals surface area contributed by atoms with Gasteiger partial charge < -0.3 is 20.5 Å². The molecule has 0 spiro atoms. The maximum Gasteiger partial charge on any atom is 0.305 e. The number of nitrogens with zero attached hydrogens (tertiary/aromatic N) is 1. The smallest absolute Gasteiger partial charge is 0.305 e. The minimum Gasteiger partial charge on any atom is -0.481 e. The van der Waals surface area contributed by atoms with Crippen molar-refractivity contribution < 1.29 is 19.4 Å². The molecule has 226 valence electrons. The van der Waals surface area contributed by atoms with Crippen molar-refractivity contribution in [1.82, 2.24) is 4.90 Å². The van der Waals surface area contributed by atoms with Crippen molar-refractivity contribution in [1.29, 1.82) is 0 Å². The first kappa shape index (κ1) is 36.9. The number of carbonyl (C=O) groups excluding carboxylic acids is 1. The first-order chi connectivity index (χ1) is 18.5. The van der Waals surface area contributed by atoms with E-state index < -0.39 is 5.97 Å². The fourth-order valence-corrected chi connectivity index (χ4v) is 5.14. The van der Waals surface area contributed by atoms with E-state index >= 15 is 0 Å².